The van der Waals surface area contributed by atoms with Crippen LogP contribution in [0.3, 0.4) is 0 Å². The van der Waals surface area contributed by atoms with Gasteiger partial charge in [0.25, 0.3) is 5.91 Å². The van der Waals surface area contributed by atoms with E-state index in [2.05, 4.69) is 9.88 Å². The fourth-order valence-corrected chi connectivity index (χ4v) is 3.03. The topological polar surface area (TPSA) is 36.4 Å². The SMILES string of the molecule is O=C(c1cc(Cl)nc(Cl)c1)N1CCN(CC2CC2)CC1. The summed E-state index contributed by atoms with van der Waals surface area (Å²) in [4.78, 5) is 20.6. The molecule has 1 aromatic rings. The summed E-state index contributed by atoms with van der Waals surface area (Å²) in [6.07, 6.45) is 2.74. The Balaban J connectivity index is 1.60. The molecule has 0 unspecified atom stereocenters. The Morgan fingerprint density at radius 2 is 1.75 bits per heavy atom. The van der Waals surface area contributed by atoms with Crippen LogP contribution in [0.1, 0.15) is 23.2 Å². The standard InChI is InChI=1S/C14H17Cl2N3O/c15-12-7-11(8-13(16)17-12)14(20)19-5-3-18(4-6-19)9-10-1-2-10/h7-8,10H,1-6,9H2. The van der Waals surface area contributed by atoms with Crippen molar-refractivity contribution in [3.05, 3.63) is 28.0 Å². The van der Waals surface area contributed by atoms with Crippen LogP contribution < -0.4 is 0 Å². The normalized spacial score (nSPS) is 20.2. The zero-order chi connectivity index (χ0) is 14.1. The number of halogens is 2. The molecule has 20 heavy (non-hydrogen) atoms. The van der Waals surface area contributed by atoms with Crippen molar-refractivity contribution in [2.24, 2.45) is 5.92 Å². The average Bonchev–Trinajstić information content (AvgIpc) is 3.22. The lowest BCUT2D eigenvalue weighted by Crippen LogP contribution is -2.49. The summed E-state index contributed by atoms with van der Waals surface area (Å²) < 4.78 is 0. The van der Waals surface area contributed by atoms with E-state index in [-0.39, 0.29) is 16.2 Å². The van der Waals surface area contributed by atoms with E-state index in [1.165, 1.54) is 19.4 Å². The van der Waals surface area contributed by atoms with Crippen LogP contribution in [0, 0.1) is 5.92 Å². The summed E-state index contributed by atoms with van der Waals surface area (Å²) in [6, 6.07) is 3.15. The van der Waals surface area contributed by atoms with E-state index < -0.39 is 0 Å². The van der Waals surface area contributed by atoms with Crippen LogP contribution in [-0.2, 0) is 0 Å². The first-order valence-electron chi connectivity index (χ1n) is 6.96. The molecule has 108 valence electrons. The number of pyridine rings is 1. The van der Waals surface area contributed by atoms with Crippen molar-refractivity contribution in [1.82, 2.24) is 14.8 Å². The molecular weight excluding hydrogens is 297 g/mol. The number of amides is 1. The van der Waals surface area contributed by atoms with E-state index in [4.69, 9.17) is 23.2 Å². The van der Waals surface area contributed by atoms with Gasteiger partial charge in [0.15, 0.2) is 0 Å². The monoisotopic (exact) mass is 313 g/mol. The second kappa shape index (κ2) is 5.88. The molecule has 1 aliphatic heterocycles. The summed E-state index contributed by atoms with van der Waals surface area (Å²) >= 11 is 11.7. The largest absolute Gasteiger partial charge is 0.336 e. The first-order valence-corrected chi connectivity index (χ1v) is 7.72. The van der Waals surface area contributed by atoms with Gasteiger partial charge in [-0.15, -0.1) is 0 Å². The van der Waals surface area contributed by atoms with E-state index in [0.717, 1.165) is 32.1 Å². The number of nitrogens with zero attached hydrogens (tertiary/aromatic N) is 3. The van der Waals surface area contributed by atoms with Gasteiger partial charge in [0.05, 0.1) is 0 Å². The van der Waals surface area contributed by atoms with E-state index in [9.17, 15) is 4.79 Å². The Labute approximate surface area is 128 Å². The molecule has 3 rings (SSSR count). The highest BCUT2D eigenvalue weighted by atomic mass is 35.5. The number of carbonyl (C=O) groups excluding carboxylic acids is 1. The maximum atomic E-state index is 12.4. The van der Waals surface area contributed by atoms with Crippen molar-refractivity contribution in [2.45, 2.75) is 12.8 Å². The number of hydrogen-bond acceptors (Lipinski definition) is 3. The van der Waals surface area contributed by atoms with Crippen molar-refractivity contribution >= 4 is 29.1 Å². The van der Waals surface area contributed by atoms with Crippen LogP contribution >= 0.6 is 23.2 Å². The molecule has 1 aliphatic carbocycles. The maximum absolute atomic E-state index is 12.4. The van der Waals surface area contributed by atoms with Crippen molar-refractivity contribution in [1.29, 1.82) is 0 Å². The third-order valence-electron chi connectivity index (χ3n) is 3.88. The van der Waals surface area contributed by atoms with Crippen LogP contribution in [0.4, 0.5) is 0 Å². The van der Waals surface area contributed by atoms with Gasteiger partial charge in [0, 0.05) is 38.3 Å². The predicted octanol–water partition coefficient (Wildman–Crippen LogP) is 2.56. The number of rotatable bonds is 3. The van der Waals surface area contributed by atoms with Crippen molar-refractivity contribution in [3.8, 4) is 0 Å². The zero-order valence-electron chi connectivity index (χ0n) is 11.2. The molecule has 4 nitrogen and oxygen atoms in total. The molecule has 1 amide bonds. The first kappa shape index (κ1) is 14.1. The molecule has 0 radical (unpaired) electrons. The first-order chi connectivity index (χ1) is 9.61. The lowest BCUT2D eigenvalue weighted by atomic mass is 10.2. The molecular formula is C14H17Cl2N3O. The molecule has 1 aromatic heterocycles. The minimum atomic E-state index is -0.0118. The summed E-state index contributed by atoms with van der Waals surface area (Å²) in [5.74, 6) is 0.886. The molecule has 0 bridgehead atoms. The molecule has 6 heteroatoms. The Kier molecular flexibility index (Phi) is 4.15. The van der Waals surface area contributed by atoms with Gasteiger partial charge in [-0.2, -0.15) is 0 Å². The predicted molar refractivity (Wildman–Crippen MR) is 79.3 cm³/mol. The van der Waals surface area contributed by atoms with Gasteiger partial charge in [0.1, 0.15) is 10.3 Å². The highest BCUT2D eigenvalue weighted by molar-refractivity contribution is 6.33. The summed E-state index contributed by atoms with van der Waals surface area (Å²) in [6.45, 7) is 4.63. The van der Waals surface area contributed by atoms with Gasteiger partial charge in [0.2, 0.25) is 0 Å². The maximum Gasteiger partial charge on any atom is 0.254 e. The molecule has 0 atom stereocenters. The Morgan fingerprint density at radius 1 is 1.15 bits per heavy atom. The zero-order valence-corrected chi connectivity index (χ0v) is 12.7. The lowest BCUT2D eigenvalue weighted by Gasteiger charge is -2.34. The van der Waals surface area contributed by atoms with E-state index in [1.807, 2.05) is 4.90 Å². The van der Waals surface area contributed by atoms with Crippen LogP contribution in [0.25, 0.3) is 0 Å². The molecule has 2 aliphatic rings. The molecule has 1 saturated heterocycles. The second-order valence-electron chi connectivity index (χ2n) is 5.54. The van der Waals surface area contributed by atoms with E-state index in [1.54, 1.807) is 12.1 Å². The molecule has 0 N–H and O–H groups in total. The average molecular weight is 314 g/mol. The lowest BCUT2D eigenvalue weighted by molar-refractivity contribution is 0.0632. The van der Waals surface area contributed by atoms with Crippen molar-refractivity contribution in [2.75, 3.05) is 32.7 Å². The van der Waals surface area contributed by atoms with Gasteiger partial charge in [-0.1, -0.05) is 23.2 Å². The van der Waals surface area contributed by atoms with Crippen molar-refractivity contribution < 1.29 is 4.79 Å². The summed E-state index contributed by atoms with van der Waals surface area (Å²) in [5, 5.41) is 0.515. The van der Waals surface area contributed by atoms with E-state index >= 15 is 0 Å². The smallest absolute Gasteiger partial charge is 0.254 e. The van der Waals surface area contributed by atoms with Gasteiger partial charge >= 0.3 is 0 Å². The number of piperazine rings is 1. The fraction of sp³-hybridized carbons (Fsp3) is 0.571. The summed E-state index contributed by atoms with van der Waals surface area (Å²) in [7, 11) is 0. The molecule has 2 fully saturated rings. The van der Waals surface area contributed by atoms with Crippen LogP contribution in [0.15, 0.2) is 12.1 Å². The number of hydrogen-bond donors (Lipinski definition) is 0. The number of carbonyl (C=O) groups is 1. The Hall–Kier alpha value is -0.840. The van der Waals surface area contributed by atoms with Crippen molar-refractivity contribution in [3.63, 3.8) is 0 Å². The number of aromatic nitrogens is 1. The molecule has 0 aromatic carbocycles. The third-order valence-corrected chi connectivity index (χ3v) is 4.27. The quantitative estimate of drug-likeness (QED) is 0.805. The fourth-order valence-electron chi connectivity index (χ4n) is 2.57. The highest BCUT2D eigenvalue weighted by Gasteiger charge is 2.28. The summed E-state index contributed by atoms with van der Waals surface area (Å²) in [5.41, 5.74) is 0.519. The highest BCUT2D eigenvalue weighted by Crippen LogP contribution is 2.30. The van der Waals surface area contributed by atoms with Crippen LogP contribution in [0.5, 0.6) is 0 Å². The van der Waals surface area contributed by atoms with Gasteiger partial charge in [-0.05, 0) is 30.9 Å². The molecule has 0 spiro atoms. The van der Waals surface area contributed by atoms with Crippen LogP contribution in [0.2, 0.25) is 10.3 Å². The minimum absolute atomic E-state index is 0.0118. The van der Waals surface area contributed by atoms with Crippen LogP contribution in [-0.4, -0.2) is 53.4 Å². The Bertz CT molecular complexity index is 491. The second-order valence-corrected chi connectivity index (χ2v) is 6.31. The Morgan fingerprint density at radius 3 is 2.30 bits per heavy atom. The van der Waals surface area contributed by atoms with Gasteiger partial charge in [-0.3, -0.25) is 9.69 Å². The van der Waals surface area contributed by atoms with Gasteiger partial charge in [-0.25, -0.2) is 4.98 Å². The minimum Gasteiger partial charge on any atom is -0.336 e. The van der Waals surface area contributed by atoms with Gasteiger partial charge < -0.3 is 4.90 Å². The third kappa shape index (κ3) is 3.43. The molecule has 2 heterocycles. The van der Waals surface area contributed by atoms with E-state index in [0.29, 0.717) is 5.56 Å². The molecule has 1 saturated carbocycles.